The molecule has 0 fully saturated rings. The number of guanidine groups is 1. The van der Waals surface area contributed by atoms with E-state index in [0.29, 0.717) is 31.0 Å². The van der Waals surface area contributed by atoms with Gasteiger partial charge >= 0.3 is 0 Å². The molecule has 0 saturated heterocycles. The quantitative estimate of drug-likeness (QED) is 0.605. The Kier molecular flexibility index (Phi) is 7.14. The number of aromatic nitrogens is 1. The molecule has 0 unspecified atom stereocenters. The van der Waals surface area contributed by atoms with Crippen LogP contribution in [0.25, 0.3) is 0 Å². The number of nitrogens with one attached hydrogen (secondary N) is 2. The molecule has 2 aromatic rings. The van der Waals surface area contributed by atoms with Crippen molar-refractivity contribution in [3.63, 3.8) is 0 Å². The first-order chi connectivity index (χ1) is 11.7. The smallest absolute Gasteiger partial charge is 0.191 e. The van der Waals surface area contributed by atoms with Crippen LogP contribution < -0.4 is 10.6 Å². The minimum Gasteiger partial charge on any atom is -0.357 e. The van der Waals surface area contributed by atoms with Crippen molar-refractivity contribution < 1.29 is 8.78 Å². The number of hydrogen-bond donors (Lipinski definition) is 2. The second-order valence-electron chi connectivity index (χ2n) is 5.24. The summed E-state index contributed by atoms with van der Waals surface area (Å²) in [5, 5.41) is 6.30. The number of halogens is 2. The molecule has 0 amide bonds. The van der Waals surface area contributed by atoms with Crippen LogP contribution >= 0.6 is 0 Å². The molecule has 4 nitrogen and oxygen atoms in total. The van der Waals surface area contributed by atoms with Gasteiger partial charge in [-0.25, -0.2) is 8.78 Å². The molecule has 128 valence electrons. The van der Waals surface area contributed by atoms with E-state index >= 15 is 0 Å². The van der Waals surface area contributed by atoms with Crippen molar-refractivity contribution in [2.24, 2.45) is 4.99 Å². The van der Waals surface area contributed by atoms with E-state index in [-0.39, 0.29) is 0 Å². The predicted octanol–water partition coefficient (Wildman–Crippen LogP) is 2.70. The molecule has 0 aliphatic heterocycles. The van der Waals surface area contributed by atoms with Gasteiger partial charge in [-0.1, -0.05) is 12.1 Å². The number of benzene rings is 1. The van der Waals surface area contributed by atoms with Gasteiger partial charge in [-0.3, -0.25) is 9.98 Å². The zero-order chi connectivity index (χ0) is 17.2. The molecule has 1 heterocycles. The highest BCUT2D eigenvalue weighted by molar-refractivity contribution is 5.79. The third-order valence-corrected chi connectivity index (χ3v) is 3.41. The van der Waals surface area contributed by atoms with Gasteiger partial charge in [0.15, 0.2) is 5.96 Å². The van der Waals surface area contributed by atoms with Crippen LogP contribution in [0.15, 0.2) is 47.6 Å². The predicted molar refractivity (Wildman–Crippen MR) is 92.0 cm³/mol. The summed E-state index contributed by atoms with van der Waals surface area (Å²) >= 11 is 0. The highest BCUT2D eigenvalue weighted by atomic mass is 19.1. The molecular formula is C18H22F2N4. The second-order valence-corrected chi connectivity index (χ2v) is 5.24. The lowest BCUT2D eigenvalue weighted by atomic mass is 10.1. The highest BCUT2D eigenvalue weighted by Gasteiger charge is 2.04. The molecule has 1 aromatic heterocycles. The van der Waals surface area contributed by atoms with Crippen LogP contribution in [-0.2, 0) is 12.8 Å². The van der Waals surface area contributed by atoms with Gasteiger partial charge in [0.25, 0.3) is 0 Å². The molecule has 0 saturated carbocycles. The van der Waals surface area contributed by atoms with E-state index in [2.05, 4.69) is 20.6 Å². The molecule has 6 heteroatoms. The van der Waals surface area contributed by atoms with Crippen molar-refractivity contribution in [3.8, 4) is 0 Å². The fourth-order valence-electron chi connectivity index (χ4n) is 2.21. The van der Waals surface area contributed by atoms with E-state index in [1.54, 1.807) is 6.20 Å². The van der Waals surface area contributed by atoms with E-state index < -0.39 is 11.6 Å². The first-order valence-corrected chi connectivity index (χ1v) is 8.05. The van der Waals surface area contributed by atoms with Crippen LogP contribution in [0.5, 0.6) is 0 Å². The fraction of sp³-hybridized carbons (Fsp3) is 0.333. The number of hydrogen-bond acceptors (Lipinski definition) is 2. The van der Waals surface area contributed by atoms with Gasteiger partial charge in [0.1, 0.15) is 11.6 Å². The van der Waals surface area contributed by atoms with E-state index in [9.17, 15) is 8.78 Å². The van der Waals surface area contributed by atoms with Crippen molar-refractivity contribution in [1.82, 2.24) is 15.6 Å². The molecule has 0 atom stereocenters. The summed E-state index contributed by atoms with van der Waals surface area (Å²) in [7, 11) is 0. The van der Waals surface area contributed by atoms with Gasteiger partial charge in [0, 0.05) is 44.0 Å². The molecule has 1 aromatic carbocycles. The lowest BCUT2D eigenvalue weighted by Crippen LogP contribution is -2.38. The number of nitrogens with zero attached hydrogens (tertiary/aromatic N) is 2. The van der Waals surface area contributed by atoms with Gasteiger partial charge in [0.2, 0.25) is 0 Å². The average Bonchev–Trinajstić information content (AvgIpc) is 2.58. The Bertz CT molecular complexity index is 659. The van der Waals surface area contributed by atoms with Crippen LogP contribution in [0.3, 0.4) is 0 Å². The Morgan fingerprint density at radius 1 is 1.12 bits per heavy atom. The van der Waals surface area contributed by atoms with Crippen LogP contribution in [0.2, 0.25) is 0 Å². The van der Waals surface area contributed by atoms with Gasteiger partial charge < -0.3 is 10.6 Å². The van der Waals surface area contributed by atoms with Crippen molar-refractivity contribution in [2.45, 2.75) is 19.8 Å². The molecule has 2 N–H and O–H groups in total. The summed E-state index contributed by atoms with van der Waals surface area (Å²) in [6.45, 7) is 3.84. The second kappa shape index (κ2) is 9.60. The van der Waals surface area contributed by atoms with Crippen LogP contribution in [0, 0.1) is 11.6 Å². The van der Waals surface area contributed by atoms with E-state index in [4.69, 9.17) is 0 Å². The third kappa shape index (κ3) is 5.95. The van der Waals surface area contributed by atoms with Crippen LogP contribution in [-0.4, -0.2) is 30.6 Å². The average molecular weight is 332 g/mol. The summed E-state index contributed by atoms with van der Waals surface area (Å²) in [6.07, 6.45) is 2.97. The van der Waals surface area contributed by atoms with E-state index in [1.807, 2.05) is 25.1 Å². The standard InChI is InChI=1S/C18H22F2N4/c1-2-21-18(24-12-9-16-5-3-4-10-22-16)23-11-8-14-6-7-15(19)13-17(14)20/h3-7,10,13H,2,8-9,11-12H2,1H3,(H2,21,23,24). The zero-order valence-corrected chi connectivity index (χ0v) is 13.7. The minimum atomic E-state index is -0.561. The third-order valence-electron chi connectivity index (χ3n) is 3.41. The number of aliphatic imine (C=N–C) groups is 1. The van der Waals surface area contributed by atoms with Crippen molar-refractivity contribution in [2.75, 3.05) is 19.6 Å². The van der Waals surface area contributed by atoms with Gasteiger partial charge in [-0.2, -0.15) is 0 Å². The fourth-order valence-corrected chi connectivity index (χ4v) is 2.21. The Morgan fingerprint density at radius 3 is 2.71 bits per heavy atom. The largest absolute Gasteiger partial charge is 0.357 e. The van der Waals surface area contributed by atoms with Crippen LogP contribution in [0.1, 0.15) is 18.2 Å². The molecule has 2 rings (SSSR count). The molecule has 0 aliphatic carbocycles. The Morgan fingerprint density at radius 2 is 2.00 bits per heavy atom. The maximum absolute atomic E-state index is 13.6. The lowest BCUT2D eigenvalue weighted by Gasteiger charge is -2.11. The first-order valence-electron chi connectivity index (χ1n) is 8.05. The number of rotatable bonds is 7. The van der Waals surface area contributed by atoms with Crippen molar-refractivity contribution >= 4 is 5.96 Å². The van der Waals surface area contributed by atoms with Gasteiger partial charge in [0.05, 0.1) is 0 Å². The first kappa shape index (κ1) is 17.8. The normalized spacial score (nSPS) is 11.4. The molecule has 0 spiro atoms. The molecule has 0 aliphatic rings. The lowest BCUT2D eigenvalue weighted by molar-refractivity contribution is 0.570. The maximum atomic E-state index is 13.6. The topological polar surface area (TPSA) is 49.3 Å². The Labute approximate surface area is 141 Å². The van der Waals surface area contributed by atoms with E-state index in [1.165, 1.54) is 12.1 Å². The zero-order valence-electron chi connectivity index (χ0n) is 13.7. The summed E-state index contributed by atoms with van der Waals surface area (Å²) in [5.74, 6) is -0.404. The summed E-state index contributed by atoms with van der Waals surface area (Å²) in [4.78, 5) is 8.73. The number of pyridine rings is 1. The SMILES string of the molecule is CCNC(=NCCc1ccccn1)NCCc1ccc(F)cc1F. The Balaban J connectivity index is 1.82. The summed E-state index contributed by atoms with van der Waals surface area (Å²) in [6, 6.07) is 9.44. The van der Waals surface area contributed by atoms with E-state index in [0.717, 1.165) is 24.7 Å². The summed E-state index contributed by atoms with van der Waals surface area (Å²) in [5.41, 5.74) is 1.47. The highest BCUT2D eigenvalue weighted by Crippen LogP contribution is 2.09. The molecule has 24 heavy (non-hydrogen) atoms. The van der Waals surface area contributed by atoms with Crippen molar-refractivity contribution in [3.05, 3.63) is 65.5 Å². The molecular weight excluding hydrogens is 310 g/mol. The van der Waals surface area contributed by atoms with Crippen LogP contribution in [0.4, 0.5) is 8.78 Å². The van der Waals surface area contributed by atoms with Gasteiger partial charge in [-0.05, 0) is 37.1 Å². The van der Waals surface area contributed by atoms with Gasteiger partial charge in [-0.15, -0.1) is 0 Å². The van der Waals surface area contributed by atoms with Crippen molar-refractivity contribution in [1.29, 1.82) is 0 Å². The Hall–Kier alpha value is -2.50. The maximum Gasteiger partial charge on any atom is 0.191 e. The summed E-state index contributed by atoms with van der Waals surface area (Å²) < 4.78 is 26.5. The minimum absolute atomic E-state index is 0.455. The monoisotopic (exact) mass is 332 g/mol. The molecule has 0 radical (unpaired) electrons. The molecule has 0 bridgehead atoms.